The monoisotopic (exact) mass is 372 g/mol. The Morgan fingerprint density at radius 3 is 2.43 bits per heavy atom. The molecule has 138 valence electrons. The van der Waals surface area contributed by atoms with Gasteiger partial charge in [-0.2, -0.15) is 0 Å². The molecule has 0 radical (unpaired) electrons. The number of aromatic nitrogens is 2. The minimum atomic E-state index is -0.434. The molecule has 1 aliphatic heterocycles. The van der Waals surface area contributed by atoms with Crippen molar-refractivity contribution in [1.29, 1.82) is 0 Å². The summed E-state index contributed by atoms with van der Waals surface area (Å²) in [4.78, 5) is 28.4. The quantitative estimate of drug-likeness (QED) is 0.553. The second-order valence-corrected chi connectivity index (χ2v) is 6.42. The predicted octanol–water partition coefficient (Wildman–Crippen LogP) is 3.95. The van der Waals surface area contributed by atoms with Crippen LogP contribution in [0.2, 0.25) is 0 Å². The SMILES string of the molecule is Cc1ccnc(N=C2N=C(Nc3cc(C)ccn3)c3ccc([N+](=O)[O-])cc32)c1. The zero-order valence-corrected chi connectivity index (χ0v) is 15.2. The summed E-state index contributed by atoms with van der Waals surface area (Å²) in [6, 6.07) is 12.1. The van der Waals surface area contributed by atoms with E-state index in [1.165, 1.54) is 12.1 Å². The Morgan fingerprint density at radius 1 is 0.964 bits per heavy atom. The zero-order chi connectivity index (χ0) is 19.7. The Kier molecular flexibility index (Phi) is 4.36. The van der Waals surface area contributed by atoms with Crippen molar-refractivity contribution >= 4 is 29.0 Å². The highest BCUT2D eigenvalue weighted by Gasteiger charge is 2.25. The number of non-ortho nitro benzene ring substituents is 1. The maximum absolute atomic E-state index is 11.2. The Hall–Kier alpha value is -3.94. The van der Waals surface area contributed by atoms with Crippen LogP contribution in [0.1, 0.15) is 22.3 Å². The number of hydrogen-bond acceptors (Lipinski definition) is 6. The number of rotatable bonds is 3. The number of aliphatic imine (C=N–C) groups is 2. The molecule has 4 rings (SSSR count). The maximum atomic E-state index is 11.2. The molecular formula is C20H16N6O2. The molecule has 8 nitrogen and oxygen atoms in total. The summed E-state index contributed by atoms with van der Waals surface area (Å²) < 4.78 is 0. The molecule has 1 aromatic carbocycles. The summed E-state index contributed by atoms with van der Waals surface area (Å²) in [7, 11) is 0. The molecule has 8 heteroatoms. The van der Waals surface area contributed by atoms with Gasteiger partial charge in [0.25, 0.3) is 5.69 Å². The van der Waals surface area contributed by atoms with Crippen molar-refractivity contribution in [2.45, 2.75) is 13.8 Å². The van der Waals surface area contributed by atoms with Gasteiger partial charge in [0.1, 0.15) is 11.7 Å². The molecule has 0 spiro atoms. The van der Waals surface area contributed by atoms with E-state index in [0.717, 1.165) is 16.7 Å². The molecular weight excluding hydrogens is 356 g/mol. The van der Waals surface area contributed by atoms with Gasteiger partial charge in [-0.3, -0.25) is 10.1 Å². The van der Waals surface area contributed by atoms with E-state index in [1.54, 1.807) is 18.5 Å². The number of fused-ring (bicyclic) bond motifs is 1. The van der Waals surface area contributed by atoms with Crippen molar-refractivity contribution < 1.29 is 4.92 Å². The van der Waals surface area contributed by atoms with Crippen LogP contribution in [0.4, 0.5) is 17.3 Å². The lowest BCUT2D eigenvalue weighted by Gasteiger charge is -2.06. The molecule has 0 bridgehead atoms. The molecule has 0 aliphatic carbocycles. The van der Waals surface area contributed by atoms with E-state index in [0.29, 0.717) is 28.9 Å². The number of anilines is 1. The van der Waals surface area contributed by atoms with E-state index in [9.17, 15) is 10.1 Å². The third-order valence-corrected chi connectivity index (χ3v) is 4.21. The summed E-state index contributed by atoms with van der Waals surface area (Å²) in [6.45, 7) is 3.91. The molecule has 1 N–H and O–H groups in total. The lowest BCUT2D eigenvalue weighted by Crippen LogP contribution is -2.12. The summed E-state index contributed by atoms with van der Waals surface area (Å²) >= 11 is 0. The van der Waals surface area contributed by atoms with Crippen molar-refractivity contribution in [2.75, 3.05) is 5.32 Å². The number of nitro groups is 1. The summed E-state index contributed by atoms with van der Waals surface area (Å²) in [5.41, 5.74) is 3.34. The zero-order valence-electron chi connectivity index (χ0n) is 15.2. The largest absolute Gasteiger partial charge is 0.324 e. The average Bonchev–Trinajstić information content (AvgIpc) is 2.98. The van der Waals surface area contributed by atoms with Gasteiger partial charge in [0.2, 0.25) is 0 Å². The predicted molar refractivity (Wildman–Crippen MR) is 107 cm³/mol. The van der Waals surface area contributed by atoms with Crippen LogP contribution in [0.15, 0.2) is 64.8 Å². The minimum absolute atomic E-state index is 0.0196. The van der Waals surface area contributed by atoms with Crippen LogP contribution in [0.5, 0.6) is 0 Å². The van der Waals surface area contributed by atoms with Gasteiger partial charge in [-0.15, -0.1) is 0 Å². The molecule has 0 fully saturated rings. The van der Waals surface area contributed by atoms with Gasteiger partial charge in [-0.1, -0.05) is 0 Å². The molecule has 28 heavy (non-hydrogen) atoms. The van der Waals surface area contributed by atoms with Crippen LogP contribution >= 0.6 is 0 Å². The summed E-state index contributed by atoms with van der Waals surface area (Å²) in [5, 5.41) is 14.4. The van der Waals surface area contributed by atoms with Crippen molar-refractivity contribution in [1.82, 2.24) is 9.97 Å². The third kappa shape index (κ3) is 3.48. The van der Waals surface area contributed by atoms with Crippen molar-refractivity contribution in [2.24, 2.45) is 9.98 Å². The van der Waals surface area contributed by atoms with E-state index >= 15 is 0 Å². The van der Waals surface area contributed by atoms with Crippen molar-refractivity contribution in [3.63, 3.8) is 0 Å². The number of benzene rings is 1. The molecule has 1 aliphatic rings. The fourth-order valence-electron chi connectivity index (χ4n) is 2.86. The topological polar surface area (TPSA) is 106 Å². The van der Waals surface area contributed by atoms with E-state index in [4.69, 9.17) is 0 Å². The number of nitro benzene ring substituents is 1. The molecule has 0 saturated carbocycles. The van der Waals surface area contributed by atoms with Gasteiger partial charge in [-0.25, -0.2) is 20.0 Å². The van der Waals surface area contributed by atoms with Crippen LogP contribution in [0.3, 0.4) is 0 Å². The van der Waals surface area contributed by atoms with Gasteiger partial charge < -0.3 is 5.32 Å². The molecule has 0 amide bonds. The van der Waals surface area contributed by atoms with Crippen molar-refractivity contribution in [3.8, 4) is 0 Å². The van der Waals surface area contributed by atoms with Crippen molar-refractivity contribution in [3.05, 3.63) is 87.2 Å². The minimum Gasteiger partial charge on any atom is -0.324 e. The lowest BCUT2D eigenvalue weighted by molar-refractivity contribution is -0.384. The number of hydrogen-bond donors (Lipinski definition) is 1. The molecule has 3 heterocycles. The van der Waals surface area contributed by atoms with Crippen LogP contribution in [0, 0.1) is 24.0 Å². The number of nitrogens with one attached hydrogen (secondary N) is 1. The van der Waals surface area contributed by atoms with Crippen LogP contribution < -0.4 is 5.32 Å². The van der Waals surface area contributed by atoms with E-state index in [2.05, 4.69) is 25.3 Å². The van der Waals surface area contributed by atoms with E-state index < -0.39 is 4.92 Å². The molecule has 0 atom stereocenters. The smallest absolute Gasteiger partial charge is 0.270 e. The van der Waals surface area contributed by atoms with E-state index in [1.807, 2.05) is 38.1 Å². The lowest BCUT2D eigenvalue weighted by atomic mass is 10.1. The molecule has 2 aromatic heterocycles. The Balaban J connectivity index is 1.80. The van der Waals surface area contributed by atoms with Crippen LogP contribution in [-0.4, -0.2) is 26.6 Å². The first-order chi connectivity index (χ1) is 13.5. The Bertz CT molecular complexity index is 1150. The van der Waals surface area contributed by atoms with Crippen LogP contribution in [0.25, 0.3) is 0 Å². The molecule has 3 aromatic rings. The highest BCUT2D eigenvalue weighted by molar-refractivity contribution is 6.26. The van der Waals surface area contributed by atoms with Gasteiger partial charge >= 0.3 is 0 Å². The number of pyridine rings is 2. The average molecular weight is 372 g/mol. The first-order valence-electron chi connectivity index (χ1n) is 8.58. The third-order valence-electron chi connectivity index (χ3n) is 4.21. The fourth-order valence-corrected chi connectivity index (χ4v) is 2.86. The van der Waals surface area contributed by atoms with Gasteiger partial charge in [-0.05, 0) is 55.3 Å². The number of nitrogens with zero attached hydrogens (tertiary/aromatic N) is 5. The number of amidine groups is 2. The number of aryl methyl sites for hydroxylation is 2. The normalized spacial score (nSPS) is 13.9. The second-order valence-electron chi connectivity index (χ2n) is 6.42. The maximum Gasteiger partial charge on any atom is 0.270 e. The summed E-state index contributed by atoms with van der Waals surface area (Å²) in [5.74, 6) is 2.03. The fraction of sp³-hybridized carbons (Fsp3) is 0.100. The highest BCUT2D eigenvalue weighted by Crippen LogP contribution is 2.27. The highest BCUT2D eigenvalue weighted by atomic mass is 16.6. The Morgan fingerprint density at radius 2 is 1.71 bits per heavy atom. The van der Waals surface area contributed by atoms with Gasteiger partial charge in [0.05, 0.1) is 4.92 Å². The standard InChI is InChI=1S/C20H16N6O2/c1-12-5-7-21-17(9-12)23-19-15-4-3-14(26(27)28)11-16(15)20(25-19)24-18-10-13(2)6-8-22-18/h3-11H,1-2H3,(H,21,22,23,24,25). The van der Waals surface area contributed by atoms with E-state index in [-0.39, 0.29) is 5.69 Å². The van der Waals surface area contributed by atoms with Gasteiger partial charge in [0, 0.05) is 35.7 Å². The second kappa shape index (κ2) is 6.99. The van der Waals surface area contributed by atoms with Crippen LogP contribution in [-0.2, 0) is 0 Å². The molecule has 0 unspecified atom stereocenters. The summed E-state index contributed by atoms with van der Waals surface area (Å²) in [6.07, 6.45) is 3.37. The Labute approximate surface area is 160 Å². The first kappa shape index (κ1) is 17.5. The van der Waals surface area contributed by atoms with Gasteiger partial charge in [0.15, 0.2) is 11.7 Å². The first-order valence-corrected chi connectivity index (χ1v) is 8.58. The molecule has 0 saturated heterocycles.